The molecule has 1 aliphatic rings. The molecule has 0 spiro atoms. The molecule has 0 saturated carbocycles. The molecule has 108 valence electrons. The minimum Gasteiger partial charge on any atom is -0.444 e. The van der Waals surface area contributed by atoms with E-state index >= 15 is 0 Å². The number of hydrogen-bond donors (Lipinski definition) is 1. The highest BCUT2D eigenvalue weighted by Crippen LogP contribution is 2.20. The van der Waals surface area contributed by atoms with Crippen LogP contribution >= 0.6 is 11.6 Å². The normalized spacial score (nSPS) is 18.1. The Labute approximate surface area is 122 Å². The molecule has 2 rings (SSSR count). The van der Waals surface area contributed by atoms with Gasteiger partial charge in [-0.25, -0.2) is 4.79 Å². The molecule has 0 radical (unpaired) electrons. The summed E-state index contributed by atoms with van der Waals surface area (Å²) < 4.78 is 5.10. The van der Waals surface area contributed by atoms with E-state index in [2.05, 4.69) is 5.32 Å². The Morgan fingerprint density at radius 3 is 2.90 bits per heavy atom. The van der Waals surface area contributed by atoms with Crippen LogP contribution < -0.4 is 5.32 Å². The lowest BCUT2D eigenvalue weighted by molar-refractivity contribution is -0.116. The molecule has 1 fully saturated rings. The maximum Gasteiger partial charge on any atom is 0.409 e. The number of amides is 2. The number of cyclic esters (lactones) is 1. The summed E-state index contributed by atoms with van der Waals surface area (Å²) in [4.78, 5) is 24.6. The number of carbonyl (C=O) groups is 2. The van der Waals surface area contributed by atoms with Gasteiger partial charge in [-0.15, -0.1) is 0 Å². The summed E-state index contributed by atoms with van der Waals surface area (Å²) in [5.41, 5.74) is 1.66. The Balaban J connectivity index is 1.82. The predicted octanol–water partition coefficient (Wildman–Crippen LogP) is 2.82. The van der Waals surface area contributed by atoms with E-state index in [9.17, 15) is 9.59 Å². The highest BCUT2D eigenvalue weighted by molar-refractivity contribution is 6.30. The second-order valence-corrected chi connectivity index (χ2v) is 5.37. The van der Waals surface area contributed by atoms with E-state index in [1.807, 2.05) is 6.92 Å². The standard InChI is InChI=1S/C14H17ClN2O3/c1-9-7-10(15)3-5-12(9)16-13(18)6-4-11-8-17(2)14(19)20-11/h3,5,7,11H,4,6,8H2,1-2H3,(H,16,18). The first-order valence-corrected chi connectivity index (χ1v) is 6.81. The lowest BCUT2D eigenvalue weighted by Gasteiger charge is -2.10. The molecule has 6 heteroatoms. The number of anilines is 1. The number of benzene rings is 1. The fourth-order valence-corrected chi connectivity index (χ4v) is 2.30. The SMILES string of the molecule is Cc1cc(Cl)ccc1NC(=O)CCC1CN(C)C(=O)O1. The number of carbonyl (C=O) groups excluding carboxylic acids is 2. The van der Waals surface area contributed by atoms with Gasteiger partial charge in [-0.2, -0.15) is 0 Å². The average molecular weight is 297 g/mol. The number of nitrogens with one attached hydrogen (secondary N) is 1. The van der Waals surface area contributed by atoms with Crippen LogP contribution in [0.5, 0.6) is 0 Å². The van der Waals surface area contributed by atoms with Crippen molar-refractivity contribution in [2.24, 2.45) is 0 Å². The van der Waals surface area contributed by atoms with Crippen molar-refractivity contribution in [2.75, 3.05) is 18.9 Å². The maximum absolute atomic E-state index is 11.9. The summed E-state index contributed by atoms with van der Waals surface area (Å²) in [7, 11) is 1.68. The third-order valence-corrected chi connectivity index (χ3v) is 3.45. The summed E-state index contributed by atoms with van der Waals surface area (Å²) in [5.74, 6) is -0.0963. The second-order valence-electron chi connectivity index (χ2n) is 4.93. The van der Waals surface area contributed by atoms with Crippen molar-refractivity contribution in [3.63, 3.8) is 0 Å². The highest BCUT2D eigenvalue weighted by Gasteiger charge is 2.28. The van der Waals surface area contributed by atoms with Crippen LogP contribution in [-0.2, 0) is 9.53 Å². The molecule has 0 bridgehead atoms. The van der Waals surface area contributed by atoms with Crippen LogP contribution in [0.25, 0.3) is 0 Å². The van der Waals surface area contributed by atoms with Crippen LogP contribution in [0, 0.1) is 6.92 Å². The van der Waals surface area contributed by atoms with E-state index in [1.54, 1.807) is 25.2 Å². The molecule has 1 atom stereocenters. The van der Waals surface area contributed by atoms with Gasteiger partial charge in [0.25, 0.3) is 0 Å². The first kappa shape index (κ1) is 14.7. The number of aryl methyl sites for hydroxylation is 1. The van der Waals surface area contributed by atoms with Gasteiger partial charge < -0.3 is 15.0 Å². The molecule has 0 aliphatic carbocycles. The van der Waals surface area contributed by atoms with E-state index < -0.39 is 0 Å². The van der Waals surface area contributed by atoms with Crippen molar-refractivity contribution in [3.8, 4) is 0 Å². The van der Waals surface area contributed by atoms with Gasteiger partial charge >= 0.3 is 6.09 Å². The number of likely N-dealkylation sites (N-methyl/N-ethyl adjacent to an activating group) is 1. The molecule has 0 aromatic heterocycles. The fraction of sp³-hybridized carbons (Fsp3) is 0.429. The average Bonchev–Trinajstić information content (AvgIpc) is 2.70. The number of rotatable bonds is 4. The Kier molecular flexibility index (Phi) is 4.49. The number of halogens is 1. The van der Waals surface area contributed by atoms with Gasteiger partial charge in [0.2, 0.25) is 5.91 Å². The van der Waals surface area contributed by atoms with Crippen LogP contribution in [0.15, 0.2) is 18.2 Å². The molecule has 5 nitrogen and oxygen atoms in total. The molecular formula is C14H17ClN2O3. The van der Waals surface area contributed by atoms with Gasteiger partial charge in [-0.3, -0.25) is 4.79 Å². The van der Waals surface area contributed by atoms with Crippen molar-refractivity contribution in [1.82, 2.24) is 4.90 Å². The van der Waals surface area contributed by atoms with Crippen molar-refractivity contribution in [3.05, 3.63) is 28.8 Å². The van der Waals surface area contributed by atoms with Crippen LogP contribution in [0.4, 0.5) is 10.5 Å². The summed E-state index contributed by atoms with van der Waals surface area (Å²) >= 11 is 5.86. The molecule has 2 amide bonds. The van der Waals surface area contributed by atoms with E-state index in [-0.39, 0.29) is 18.1 Å². The Morgan fingerprint density at radius 1 is 1.55 bits per heavy atom. The monoisotopic (exact) mass is 296 g/mol. The molecule has 1 N–H and O–H groups in total. The molecule has 1 aromatic carbocycles. The lowest BCUT2D eigenvalue weighted by atomic mass is 10.1. The second kappa shape index (κ2) is 6.13. The highest BCUT2D eigenvalue weighted by atomic mass is 35.5. The van der Waals surface area contributed by atoms with Crippen molar-refractivity contribution in [1.29, 1.82) is 0 Å². The Bertz CT molecular complexity index is 533. The third kappa shape index (κ3) is 3.63. The van der Waals surface area contributed by atoms with Crippen LogP contribution in [0.1, 0.15) is 18.4 Å². The smallest absolute Gasteiger partial charge is 0.409 e. The molecule has 1 heterocycles. The fourth-order valence-electron chi connectivity index (χ4n) is 2.07. The van der Waals surface area contributed by atoms with Gasteiger partial charge in [0.1, 0.15) is 6.10 Å². The first-order chi connectivity index (χ1) is 9.45. The van der Waals surface area contributed by atoms with E-state index in [1.165, 1.54) is 4.90 Å². The van der Waals surface area contributed by atoms with Gasteiger partial charge in [-0.05, 0) is 37.1 Å². The maximum atomic E-state index is 11.9. The number of ether oxygens (including phenoxy) is 1. The van der Waals surface area contributed by atoms with Crippen LogP contribution in [0.3, 0.4) is 0 Å². The Hall–Kier alpha value is -1.75. The zero-order chi connectivity index (χ0) is 14.7. The molecule has 1 aromatic rings. The minimum atomic E-state index is -0.330. The lowest BCUT2D eigenvalue weighted by Crippen LogP contribution is -2.20. The third-order valence-electron chi connectivity index (χ3n) is 3.21. The summed E-state index contributed by atoms with van der Waals surface area (Å²) in [6, 6.07) is 5.31. The minimum absolute atomic E-state index is 0.0963. The van der Waals surface area contributed by atoms with Crippen molar-refractivity contribution in [2.45, 2.75) is 25.9 Å². The molecule has 1 unspecified atom stereocenters. The summed E-state index contributed by atoms with van der Waals surface area (Å²) in [6.45, 7) is 2.42. The molecule has 1 aliphatic heterocycles. The summed E-state index contributed by atoms with van der Waals surface area (Å²) in [6.07, 6.45) is 0.302. The van der Waals surface area contributed by atoms with Crippen LogP contribution in [0.2, 0.25) is 5.02 Å². The summed E-state index contributed by atoms with van der Waals surface area (Å²) in [5, 5.41) is 3.47. The van der Waals surface area contributed by atoms with E-state index in [0.717, 1.165) is 11.3 Å². The van der Waals surface area contributed by atoms with Crippen molar-refractivity contribution < 1.29 is 14.3 Å². The van der Waals surface area contributed by atoms with Gasteiger partial charge in [-0.1, -0.05) is 11.6 Å². The van der Waals surface area contributed by atoms with Gasteiger partial charge in [0, 0.05) is 24.2 Å². The molecule has 1 saturated heterocycles. The Morgan fingerprint density at radius 2 is 2.30 bits per heavy atom. The quantitative estimate of drug-likeness (QED) is 0.929. The van der Waals surface area contributed by atoms with Crippen molar-refractivity contribution >= 4 is 29.3 Å². The molecular weight excluding hydrogens is 280 g/mol. The zero-order valence-electron chi connectivity index (χ0n) is 11.5. The number of hydrogen-bond acceptors (Lipinski definition) is 3. The molecule has 20 heavy (non-hydrogen) atoms. The topological polar surface area (TPSA) is 58.6 Å². The zero-order valence-corrected chi connectivity index (χ0v) is 12.2. The largest absolute Gasteiger partial charge is 0.444 e. The predicted molar refractivity (Wildman–Crippen MR) is 77.0 cm³/mol. The first-order valence-electron chi connectivity index (χ1n) is 6.43. The van der Waals surface area contributed by atoms with E-state index in [0.29, 0.717) is 24.4 Å². The van der Waals surface area contributed by atoms with Gasteiger partial charge in [0.15, 0.2) is 0 Å². The van der Waals surface area contributed by atoms with Gasteiger partial charge in [0.05, 0.1) is 6.54 Å². The van der Waals surface area contributed by atoms with E-state index in [4.69, 9.17) is 16.3 Å². The van der Waals surface area contributed by atoms with Crippen LogP contribution in [-0.4, -0.2) is 36.6 Å². The number of nitrogens with zero attached hydrogens (tertiary/aromatic N) is 1.